The van der Waals surface area contributed by atoms with E-state index >= 15 is 0 Å². The summed E-state index contributed by atoms with van der Waals surface area (Å²) in [5, 5.41) is 3.74. The van der Waals surface area contributed by atoms with Gasteiger partial charge in [-0.15, -0.1) is 11.3 Å². The fourth-order valence-electron chi connectivity index (χ4n) is 3.60. The Hall–Kier alpha value is -2.60. The van der Waals surface area contributed by atoms with Crippen LogP contribution in [-0.4, -0.2) is 11.7 Å². The quantitative estimate of drug-likeness (QED) is 0.664. The molecule has 1 N–H and O–H groups in total. The zero-order valence-electron chi connectivity index (χ0n) is 13.9. The van der Waals surface area contributed by atoms with Crippen LogP contribution in [0.3, 0.4) is 0 Å². The third-order valence-electron chi connectivity index (χ3n) is 4.86. The highest BCUT2D eigenvalue weighted by molar-refractivity contribution is 7.20. The minimum atomic E-state index is -0.513. The minimum Gasteiger partial charge on any atom is -0.448 e. The number of hydrogen-bond donors (Lipinski definition) is 1. The predicted molar refractivity (Wildman–Crippen MR) is 98.6 cm³/mol. The number of hydrogen-bond acceptors (Lipinski definition) is 4. The van der Waals surface area contributed by atoms with Gasteiger partial charge >= 0.3 is 0 Å². The molecule has 1 aliphatic heterocycles. The second-order valence-corrected chi connectivity index (χ2v) is 7.81. The summed E-state index contributed by atoms with van der Waals surface area (Å²) in [5.74, 6) is 0.356. The van der Waals surface area contributed by atoms with Crippen molar-refractivity contribution in [3.63, 3.8) is 0 Å². The molecular weight excluding hydrogens is 353 g/mol. The Morgan fingerprint density at radius 1 is 1.04 bits per heavy atom. The second kappa shape index (κ2) is 5.71. The molecule has 3 aromatic rings. The van der Waals surface area contributed by atoms with Gasteiger partial charge in [-0.1, -0.05) is 6.07 Å². The van der Waals surface area contributed by atoms with E-state index in [1.54, 1.807) is 24.3 Å². The van der Waals surface area contributed by atoms with E-state index in [-0.39, 0.29) is 11.7 Å². The molecule has 0 bridgehead atoms. The van der Waals surface area contributed by atoms with E-state index in [0.717, 1.165) is 41.5 Å². The number of ether oxygens (including phenoxy) is 2. The van der Waals surface area contributed by atoms with Crippen LogP contribution in [-0.2, 0) is 0 Å². The molecule has 0 saturated heterocycles. The lowest BCUT2D eigenvalue weighted by Crippen LogP contribution is -2.34. The molecule has 1 amide bonds. The average molecular weight is 369 g/mol. The van der Waals surface area contributed by atoms with Crippen molar-refractivity contribution in [2.24, 2.45) is 0 Å². The van der Waals surface area contributed by atoms with Gasteiger partial charge in [0.1, 0.15) is 5.82 Å². The van der Waals surface area contributed by atoms with Crippen LogP contribution in [0.15, 0.2) is 42.5 Å². The van der Waals surface area contributed by atoms with Gasteiger partial charge in [0, 0.05) is 29.3 Å². The number of thiophene rings is 1. The first kappa shape index (κ1) is 15.6. The van der Waals surface area contributed by atoms with Crippen LogP contribution in [0.1, 0.15) is 35.4 Å². The van der Waals surface area contributed by atoms with E-state index in [2.05, 4.69) is 5.32 Å². The van der Waals surface area contributed by atoms with Crippen LogP contribution in [0.4, 0.5) is 10.1 Å². The summed E-state index contributed by atoms with van der Waals surface area (Å²) in [6, 6.07) is 11.7. The van der Waals surface area contributed by atoms with Gasteiger partial charge < -0.3 is 14.8 Å². The lowest BCUT2D eigenvalue weighted by molar-refractivity contribution is -0.0716. The molecule has 5 rings (SSSR count). The van der Waals surface area contributed by atoms with Crippen molar-refractivity contribution in [2.45, 2.75) is 31.5 Å². The summed E-state index contributed by atoms with van der Waals surface area (Å²) in [7, 11) is 0. The van der Waals surface area contributed by atoms with Crippen LogP contribution >= 0.6 is 11.3 Å². The number of nitrogens with one attached hydrogen (secondary N) is 1. The predicted octanol–water partition coefficient (Wildman–Crippen LogP) is 5.33. The van der Waals surface area contributed by atoms with Crippen molar-refractivity contribution < 1.29 is 18.7 Å². The van der Waals surface area contributed by atoms with Crippen LogP contribution in [0.25, 0.3) is 10.1 Å². The first-order valence-electron chi connectivity index (χ1n) is 8.63. The van der Waals surface area contributed by atoms with Crippen molar-refractivity contribution in [1.29, 1.82) is 0 Å². The highest BCUT2D eigenvalue weighted by atomic mass is 32.1. The van der Waals surface area contributed by atoms with E-state index in [1.807, 2.05) is 6.07 Å². The third-order valence-corrected chi connectivity index (χ3v) is 5.96. The number of rotatable bonds is 2. The maximum Gasteiger partial charge on any atom is 0.265 e. The van der Waals surface area contributed by atoms with Gasteiger partial charge in [-0.2, -0.15) is 0 Å². The molecule has 132 valence electrons. The smallest absolute Gasteiger partial charge is 0.265 e. The molecule has 2 heterocycles. The zero-order chi connectivity index (χ0) is 17.7. The number of halogens is 1. The Balaban J connectivity index is 1.37. The molecule has 1 aliphatic carbocycles. The monoisotopic (exact) mass is 369 g/mol. The Bertz CT molecular complexity index is 1020. The lowest BCUT2D eigenvalue weighted by atomic mass is 10.2. The van der Waals surface area contributed by atoms with Crippen LogP contribution in [0.2, 0.25) is 0 Å². The van der Waals surface area contributed by atoms with Crippen LogP contribution in [0.5, 0.6) is 11.5 Å². The fourth-order valence-corrected chi connectivity index (χ4v) is 4.58. The molecule has 1 fully saturated rings. The van der Waals surface area contributed by atoms with Crippen molar-refractivity contribution in [3.05, 3.63) is 53.2 Å². The third kappa shape index (κ3) is 2.61. The van der Waals surface area contributed by atoms with Gasteiger partial charge in [0.05, 0.1) is 4.88 Å². The Morgan fingerprint density at radius 2 is 1.85 bits per heavy atom. The number of carbonyl (C=O) groups is 1. The second-order valence-electron chi connectivity index (χ2n) is 6.73. The van der Waals surface area contributed by atoms with Gasteiger partial charge in [0.2, 0.25) is 0 Å². The summed E-state index contributed by atoms with van der Waals surface area (Å²) >= 11 is 1.27. The highest BCUT2D eigenvalue weighted by Gasteiger charge is 2.44. The summed E-state index contributed by atoms with van der Waals surface area (Å²) in [6.07, 6.45) is 3.98. The Kier molecular flexibility index (Phi) is 3.43. The van der Waals surface area contributed by atoms with Crippen molar-refractivity contribution >= 4 is 33.0 Å². The largest absolute Gasteiger partial charge is 0.448 e. The number of benzene rings is 2. The molecule has 0 radical (unpaired) electrons. The number of carbonyl (C=O) groups excluding carboxylic acids is 1. The van der Waals surface area contributed by atoms with Crippen molar-refractivity contribution in [1.82, 2.24) is 0 Å². The molecule has 6 heteroatoms. The van der Waals surface area contributed by atoms with E-state index in [1.165, 1.54) is 23.5 Å². The van der Waals surface area contributed by atoms with E-state index in [9.17, 15) is 9.18 Å². The minimum absolute atomic E-state index is 0.221. The molecule has 1 saturated carbocycles. The standard InChI is InChI=1S/C20H16FNO3S/c21-13-4-3-12-9-18(26-17(12)10-13)19(23)22-14-5-6-15-16(11-14)25-20(24-15)7-1-2-8-20/h3-6,9-11H,1-2,7-8H2,(H,22,23). The van der Waals surface area contributed by atoms with E-state index in [4.69, 9.17) is 9.47 Å². The first-order chi connectivity index (χ1) is 12.6. The molecule has 1 aromatic heterocycles. The van der Waals surface area contributed by atoms with Crippen LogP contribution in [0, 0.1) is 5.82 Å². The van der Waals surface area contributed by atoms with Gasteiger partial charge in [-0.05, 0) is 48.6 Å². The maximum atomic E-state index is 13.3. The molecule has 2 aliphatic rings. The summed E-state index contributed by atoms with van der Waals surface area (Å²) in [5.41, 5.74) is 0.649. The number of anilines is 1. The molecular formula is C20H16FNO3S. The lowest BCUT2D eigenvalue weighted by Gasteiger charge is -2.21. The van der Waals surface area contributed by atoms with E-state index in [0.29, 0.717) is 16.3 Å². The van der Waals surface area contributed by atoms with Gasteiger partial charge in [0.15, 0.2) is 11.5 Å². The summed E-state index contributed by atoms with van der Waals surface area (Å²) in [6.45, 7) is 0. The maximum absolute atomic E-state index is 13.3. The Morgan fingerprint density at radius 3 is 2.69 bits per heavy atom. The van der Waals surface area contributed by atoms with Crippen molar-refractivity contribution in [2.75, 3.05) is 5.32 Å². The molecule has 0 unspecified atom stereocenters. The van der Waals surface area contributed by atoms with Gasteiger partial charge in [-0.25, -0.2) is 4.39 Å². The highest BCUT2D eigenvalue weighted by Crippen LogP contribution is 2.47. The topological polar surface area (TPSA) is 47.6 Å². The number of fused-ring (bicyclic) bond motifs is 2. The van der Waals surface area contributed by atoms with Gasteiger partial charge in [-0.3, -0.25) is 4.79 Å². The SMILES string of the molecule is O=C(Nc1ccc2c(c1)OC1(CCCC1)O2)c1cc2ccc(F)cc2s1. The fraction of sp³-hybridized carbons (Fsp3) is 0.250. The molecule has 0 atom stereocenters. The summed E-state index contributed by atoms with van der Waals surface area (Å²) < 4.78 is 26.1. The Labute approximate surface area is 153 Å². The average Bonchev–Trinajstić information content (AvgIpc) is 3.32. The molecule has 4 nitrogen and oxygen atoms in total. The van der Waals surface area contributed by atoms with Crippen molar-refractivity contribution in [3.8, 4) is 11.5 Å². The first-order valence-corrected chi connectivity index (χ1v) is 9.44. The molecule has 1 spiro atoms. The van der Waals surface area contributed by atoms with Crippen LogP contribution < -0.4 is 14.8 Å². The molecule has 26 heavy (non-hydrogen) atoms. The summed E-state index contributed by atoms with van der Waals surface area (Å²) in [4.78, 5) is 13.1. The molecule has 2 aromatic carbocycles. The normalized spacial score (nSPS) is 17.1. The van der Waals surface area contributed by atoms with E-state index < -0.39 is 5.79 Å². The zero-order valence-corrected chi connectivity index (χ0v) is 14.7. The van der Waals surface area contributed by atoms with Gasteiger partial charge in [0.25, 0.3) is 11.7 Å². The number of amides is 1.